The Morgan fingerprint density at radius 1 is 1.19 bits per heavy atom. The average molecular weight is 446 g/mol. The molecule has 7 nitrogen and oxygen atoms in total. The van der Waals surface area contributed by atoms with E-state index in [1.54, 1.807) is 41.3 Å². The van der Waals surface area contributed by atoms with Gasteiger partial charge in [-0.1, -0.05) is 43.6 Å². The van der Waals surface area contributed by atoms with Crippen molar-refractivity contribution in [2.24, 2.45) is 11.1 Å². The highest BCUT2D eigenvalue weighted by atomic mass is 35.5. The van der Waals surface area contributed by atoms with Crippen LogP contribution in [0, 0.1) is 16.7 Å². The quantitative estimate of drug-likeness (QED) is 0.690. The Bertz CT molecular complexity index is 1300. The number of carbonyl (C=O) groups is 2. The van der Waals surface area contributed by atoms with Crippen LogP contribution in [0.15, 0.2) is 65.3 Å². The summed E-state index contributed by atoms with van der Waals surface area (Å²) in [5.41, 5.74) is 6.69. The number of anilines is 2. The molecule has 1 aromatic heterocycles. The number of nitrogens with two attached hydrogens (primary N) is 1. The van der Waals surface area contributed by atoms with E-state index in [0.717, 1.165) is 0 Å². The molecule has 8 heteroatoms. The van der Waals surface area contributed by atoms with E-state index < -0.39 is 11.3 Å². The Hall–Kier alpha value is -3.63. The molecule has 1 amide bonds. The number of carbonyl (C=O) groups excluding carboxylic acids is 2. The summed E-state index contributed by atoms with van der Waals surface area (Å²) in [7, 11) is 0. The van der Waals surface area contributed by atoms with Crippen molar-refractivity contribution in [3.05, 3.63) is 75.8 Å². The Kier molecular flexibility index (Phi) is 4.24. The Morgan fingerprint density at radius 3 is 2.62 bits per heavy atom. The summed E-state index contributed by atoms with van der Waals surface area (Å²) < 4.78 is 0. The number of hydrogen-bond donors (Lipinski definition) is 2. The van der Waals surface area contributed by atoms with Crippen LogP contribution in [0.5, 0.6) is 0 Å². The molecule has 0 unspecified atom stereocenters. The number of Topliss-reactive ketones (excluding diaryl/α,β-unsaturated/α-hetero) is 1. The minimum Gasteiger partial charge on any atom is -0.384 e. The van der Waals surface area contributed by atoms with Gasteiger partial charge in [-0.15, -0.1) is 0 Å². The molecule has 0 radical (unpaired) electrons. The maximum Gasteiger partial charge on any atom is 0.245 e. The number of nitriles is 1. The fraction of sp³-hybridized carbons (Fsp3) is 0.250. The summed E-state index contributed by atoms with van der Waals surface area (Å²) in [6, 6.07) is 12.6. The molecule has 1 atom stereocenters. The van der Waals surface area contributed by atoms with E-state index >= 15 is 0 Å². The predicted molar refractivity (Wildman–Crippen MR) is 120 cm³/mol. The van der Waals surface area contributed by atoms with Gasteiger partial charge in [0.25, 0.3) is 0 Å². The first-order valence-electron chi connectivity index (χ1n) is 10.2. The van der Waals surface area contributed by atoms with Crippen LogP contribution in [0.25, 0.3) is 0 Å². The third kappa shape index (κ3) is 2.56. The molecule has 160 valence electrons. The number of amides is 1. The van der Waals surface area contributed by atoms with Gasteiger partial charge >= 0.3 is 0 Å². The van der Waals surface area contributed by atoms with Crippen molar-refractivity contribution in [2.45, 2.75) is 32.1 Å². The van der Waals surface area contributed by atoms with Crippen LogP contribution < -0.4 is 16.0 Å². The highest BCUT2D eigenvalue weighted by molar-refractivity contribution is 6.30. The van der Waals surface area contributed by atoms with Crippen molar-refractivity contribution in [1.29, 1.82) is 5.26 Å². The highest BCUT2D eigenvalue weighted by Gasteiger charge is 2.61. The first-order chi connectivity index (χ1) is 15.2. The number of nitrogens with zero attached hydrogens (tertiary/aromatic N) is 3. The zero-order valence-corrected chi connectivity index (χ0v) is 18.3. The molecule has 0 saturated carbocycles. The van der Waals surface area contributed by atoms with E-state index in [1.165, 1.54) is 6.20 Å². The van der Waals surface area contributed by atoms with Crippen LogP contribution in [0.1, 0.15) is 32.3 Å². The van der Waals surface area contributed by atoms with Gasteiger partial charge in [0.2, 0.25) is 5.91 Å². The second kappa shape index (κ2) is 6.68. The number of aromatic nitrogens is 1. The number of pyridine rings is 1. The number of allylic oxidation sites excluding steroid dienone is 1. The molecule has 32 heavy (non-hydrogen) atoms. The van der Waals surface area contributed by atoms with Crippen molar-refractivity contribution in [1.82, 2.24) is 4.98 Å². The van der Waals surface area contributed by atoms with E-state index in [9.17, 15) is 14.9 Å². The summed E-state index contributed by atoms with van der Waals surface area (Å²) in [5, 5.41) is 13.6. The monoisotopic (exact) mass is 445 g/mol. The van der Waals surface area contributed by atoms with Crippen molar-refractivity contribution in [2.75, 3.05) is 10.2 Å². The molecular weight excluding hydrogens is 426 g/mol. The summed E-state index contributed by atoms with van der Waals surface area (Å²) in [5.74, 6) is -0.109. The zero-order chi connectivity index (χ0) is 22.8. The van der Waals surface area contributed by atoms with E-state index in [2.05, 4.69) is 16.4 Å². The maximum atomic E-state index is 13.7. The maximum absolute atomic E-state index is 13.7. The zero-order valence-electron chi connectivity index (χ0n) is 17.6. The van der Waals surface area contributed by atoms with Gasteiger partial charge in [0.05, 0.1) is 10.6 Å². The van der Waals surface area contributed by atoms with Gasteiger partial charge in [-0.25, -0.2) is 4.98 Å². The standard InChI is InChI=1S/C24H20ClN5O2/c1-23(2)9-17-20(18(31)10-23)24(14-5-3-4-6-16(14)29-22(24)32)15(11-26)21(27)30(17)19-8-7-13(25)12-28-19/h3-8,12H,9-10,27H2,1-2H3,(H,29,32)/t24-/m1/s1. The minimum absolute atomic E-state index is 0.0171. The van der Waals surface area contributed by atoms with Crippen LogP contribution >= 0.6 is 11.6 Å². The Morgan fingerprint density at radius 2 is 1.94 bits per heavy atom. The van der Waals surface area contributed by atoms with Crippen LogP contribution in [0.2, 0.25) is 5.02 Å². The average Bonchev–Trinajstić information content (AvgIpc) is 3.01. The van der Waals surface area contributed by atoms with Gasteiger partial charge in [-0.2, -0.15) is 5.26 Å². The fourth-order valence-corrected chi connectivity index (χ4v) is 5.25. The van der Waals surface area contributed by atoms with Crippen LogP contribution in [0.3, 0.4) is 0 Å². The number of hydrogen-bond acceptors (Lipinski definition) is 6. The summed E-state index contributed by atoms with van der Waals surface area (Å²) >= 11 is 6.03. The molecule has 1 aliphatic carbocycles. The van der Waals surface area contributed by atoms with Crippen molar-refractivity contribution in [3.63, 3.8) is 0 Å². The van der Waals surface area contributed by atoms with E-state index in [0.29, 0.717) is 39.8 Å². The number of rotatable bonds is 1. The number of para-hydroxylation sites is 1. The van der Waals surface area contributed by atoms with Gasteiger partial charge in [0.1, 0.15) is 23.1 Å². The second-order valence-corrected chi connectivity index (χ2v) is 9.49. The van der Waals surface area contributed by atoms with E-state index in [1.807, 2.05) is 13.8 Å². The van der Waals surface area contributed by atoms with Gasteiger partial charge in [-0.3, -0.25) is 14.5 Å². The fourth-order valence-electron chi connectivity index (χ4n) is 5.14. The second-order valence-electron chi connectivity index (χ2n) is 9.05. The highest BCUT2D eigenvalue weighted by Crippen LogP contribution is 2.56. The number of fused-ring (bicyclic) bond motifs is 3. The SMILES string of the molecule is CC1(C)CC(=O)C2=C(C1)N(c1ccc(Cl)cn1)C(N)=C(C#N)[C@@]21C(=O)Nc2ccccc21. The number of ketones is 1. The lowest BCUT2D eigenvalue weighted by molar-refractivity contribution is -0.123. The molecule has 0 fully saturated rings. The summed E-state index contributed by atoms with van der Waals surface area (Å²) in [6.45, 7) is 3.99. The minimum atomic E-state index is -1.58. The lowest BCUT2D eigenvalue weighted by Gasteiger charge is -2.46. The summed E-state index contributed by atoms with van der Waals surface area (Å²) in [6.07, 6.45) is 2.21. The molecule has 5 rings (SSSR count). The van der Waals surface area contributed by atoms with Crippen LogP contribution in [0.4, 0.5) is 11.5 Å². The third-order valence-corrected chi connectivity index (χ3v) is 6.57. The van der Waals surface area contributed by atoms with Gasteiger partial charge < -0.3 is 11.1 Å². The molecule has 2 aliphatic heterocycles. The number of halogens is 1. The predicted octanol–water partition coefficient (Wildman–Crippen LogP) is 3.78. The van der Waals surface area contributed by atoms with Gasteiger partial charge in [0, 0.05) is 35.1 Å². The van der Waals surface area contributed by atoms with Crippen LogP contribution in [-0.2, 0) is 15.0 Å². The van der Waals surface area contributed by atoms with Gasteiger partial charge in [0.15, 0.2) is 5.78 Å². The molecular formula is C24H20ClN5O2. The Balaban J connectivity index is 1.89. The van der Waals surface area contributed by atoms with Crippen molar-refractivity contribution >= 4 is 34.8 Å². The third-order valence-electron chi connectivity index (χ3n) is 6.34. The molecule has 2 aromatic rings. The number of nitrogens with one attached hydrogen (secondary N) is 1. The normalized spacial score (nSPS) is 23.8. The topological polar surface area (TPSA) is 112 Å². The van der Waals surface area contributed by atoms with Gasteiger partial charge in [-0.05, 0) is 30.0 Å². The lowest BCUT2D eigenvalue weighted by atomic mass is 9.61. The van der Waals surface area contributed by atoms with Crippen molar-refractivity contribution in [3.8, 4) is 6.07 Å². The van der Waals surface area contributed by atoms with E-state index in [4.69, 9.17) is 17.3 Å². The van der Waals surface area contributed by atoms with Crippen molar-refractivity contribution < 1.29 is 9.59 Å². The smallest absolute Gasteiger partial charge is 0.245 e. The first-order valence-corrected chi connectivity index (χ1v) is 10.6. The molecule has 0 bridgehead atoms. The Labute approximate surface area is 190 Å². The first kappa shape index (κ1) is 20.3. The number of benzene rings is 1. The molecule has 3 heterocycles. The summed E-state index contributed by atoms with van der Waals surface area (Å²) in [4.78, 5) is 33.3. The molecule has 3 N–H and O–H groups in total. The lowest BCUT2D eigenvalue weighted by Crippen LogP contribution is -2.52. The largest absolute Gasteiger partial charge is 0.384 e. The molecule has 3 aliphatic rings. The molecule has 1 aromatic carbocycles. The molecule has 0 saturated heterocycles. The van der Waals surface area contributed by atoms with Crippen LogP contribution in [-0.4, -0.2) is 16.7 Å². The van der Waals surface area contributed by atoms with E-state index in [-0.39, 0.29) is 29.0 Å². The molecule has 1 spiro atoms.